The molecule has 0 radical (unpaired) electrons. The number of carbonyl (C=O) groups is 1. The Morgan fingerprint density at radius 1 is 1.30 bits per heavy atom. The zero-order chi connectivity index (χ0) is 18.8. The SMILES string of the molecule is CCC(=O)N(c1nnc(SCc2coc(-c3ccc(C)cc3)n2)s1)C1CC1. The lowest BCUT2D eigenvalue weighted by Crippen LogP contribution is -2.32. The first kappa shape index (κ1) is 18.2. The van der Waals surface area contributed by atoms with Crippen molar-refractivity contribution in [1.82, 2.24) is 15.2 Å². The van der Waals surface area contributed by atoms with Gasteiger partial charge in [-0.1, -0.05) is 47.7 Å². The van der Waals surface area contributed by atoms with Crippen molar-refractivity contribution in [2.45, 2.75) is 49.2 Å². The number of carbonyl (C=O) groups excluding carboxylic acids is 1. The van der Waals surface area contributed by atoms with Gasteiger partial charge in [0.2, 0.25) is 16.9 Å². The predicted molar refractivity (Wildman–Crippen MR) is 107 cm³/mol. The normalized spacial score (nSPS) is 13.7. The van der Waals surface area contributed by atoms with E-state index >= 15 is 0 Å². The van der Waals surface area contributed by atoms with Crippen LogP contribution in [0.1, 0.15) is 37.4 Å². The molecule has 0 unspecified atom stereocenters. The van der Waals surface area contributed by atoms with Gasteiger partial charge in [-0.3, -0.25) is 9.69 Å². The number of anilines is 1. The van der Waals surface area contributed by atoms with Crippen LogP contribution in [0.3, 0.4) is 0 Å². The topological polar surface area (TPSA) is 72.1 Å². The number of hydrogen-bond donors (Lipinski definition) is 0. The molecule has 4 rings (SSSR count). The van der Waals surface area contributed by atoms with Crippen LogP contribution in [-0.4, -0.2) is 27.1 Å². The van der Waals surface area contributed by atoms with Crippen molar-refractivity contribution >= 4 is 34.1 Å². The summed E-state index contributed by atoms with van der Waals surface area (Å²) in [6, 6.07) is 8.40. The van der Waals surface area contributed by atoms with Gasteiger partial charge in [0.05, 0.1) is 5.69 Å². The lowest BCUT2D eigenvalue weighted by atomic mass is 10.1. The number of amides is 1. The standard InChI is InChI=1S/C19H20N4O2S2/c1-3-16(24)23(15-8-9-15)18-21-22-19(27-18)26-11-14-10-25-17(20-14)13-6-4-12(2)5-7-13/h4-7,10,15H,3,8-9,11H2,1-2H3. The molecule has 0 atom stereocenters. The van der Waals surface area contributed by atoms with Crippen molar-refractivity contribution in [2.24, 2.45) is 0 Å². The number of oxazole rings is 1. The zero-order valence-electron chi connectivity index (χ0n) is 15.2. The van der Waals surface area contributed by atoms with Crippen molar-refractivity contribution < 1.29 is 9.21 Å². The van der Waals surface area contributed by atoms with Crippen LogP contribution in [0.15, 0.2) is 39.3 Å². The fourth-order valence-electron chi connectivity index (χ4n) is 2.67. The molecular weight excluding hydrogens is 380 g/mol. The van der Waals surface area contributed by atoms with Crippen LogP contribution in [0, 0.1) is 6.92 Å². The first-order valence-electron chi connectivity index (χ1n) is 8.94. The molecule has 6 nitrogen and oxygen atoms in total. The molecule has 0 saturated heterocycles. The van der Waals surface area contributed by atoms with E-state index in [1.807, 2.05) is 36.1 Å². The Morgan fingerprint density at radius 3 is 2.78 bits per heavy atom. The number of nitrogens with zero attached hydrogens (tertiary/aromatic N) is 4. The van der Waals surface area contributed by atoms with Gasteiger partial charge in [-0.25, -0.2) is 4.98 Å². The summed E-state index contributed by atoms with van der Waals surface area (Å²) in [4.78, 5) is 18.5. The maximum Gasteiger partial charge on any atom is 0.228 e. The van der Waals surface area contributed by atoms with E-state index in [4.69, 9.17) is 4.42 Å². The number of hydrogen-bond acceptors (Lipinski definition) is 7. The van der Waals surface area contributed by atoms with Crippen molar-refractivity contribution in [3.63, 3.8) is 0 Å². The van der Waals surface area contributed by atoms with E-state index in [0.29, 0.717) is 29.2 Å². The van der Waals surface area contributed by atoms with Crippen molar-refractivity contribution in [3.8, 4) is 11.5 Å². The molecule has 1 aromatic carbocycles. The minimum Gasteiger partial charge on any atom is -0.444 e. The zero-order valence-corrected chi connectivity index (χ0v) is 16.8. The highest BCUT2D eigenvalue weighted by Crippen LogP contribution is 2.37. The van der Waals surface area contributed by atoms with Gasteiger partial charge in [0.1, 0.15) is 6.26 Å². The smallest absolute Gasteiger partial charge is 0.228 e. The quantitative estimate of drug-likeness (QED) is 0.423. The fraction of sp³-hybridized carbons (Fsp3) is 0.368. The second-order valence-corrected chi connectivity index (χ2v) is 8.68. The van der Waals surface area contributed by atoms with Gasteiger partial charge in [-0.2, -0.15) is 0 Å². The molecule has 8 heteroatoms. The summed E-state index contributed by atoms with van der Waals surface area (Å²) in [7, 11) is 0. The lowest BCUT2D eigenvalue weighted by molar-refractivity contribution is -0.118. The van der Waals surface area contributed by atoms with E-state index in [0.717, 1.165) is 28.4 Å². The Bertz CT molecular complexity index is 931. The van der Waals surface area contributed by atoms with E-state index in [1.54, 1.807) is 18.0 Å². The van der Waals surface area contributed by atoms with Gasteiger partial charge in [0.15, 0.2) is 4.34 Å². The summed E-state index contributed by atoms with van der Waals surface area (Å²) < 4.78 is 6.43. The summed E-state index contributed by atoms with van der Waals surface area (Å²) in [6.45, 7) is 3.93. The highest BCUT2D eigenvalue weighted by molar-refractivity contribution is 8.00. The molecule has 140 valence electrons. The van der Waals surface area contributed by atoms with Crippen LogP contribution in [0.25, 0.3) is 11.5 Å². The van der Waals surface area contributed by atoms with E-state index in [-0.39, 0.29) is 5.91 Å². The third kappa shape index (κ3) is 4.22. The molecule has 27 heavy (non-hydrogen) atoms. The van der Waals surface area contributed by atoms with E-state index in [1.165, 1.54) is 16.9 Å². The monoisotopic (exact) mass is 400 g/mol. The molecule has 0 N–H and O–H groups in total. The average Bonchev–Trinajstić information content (AvgIpc) is 3.20. The Balaban J connectivity index is 1.40. The van der Waals surface area contributed by atoms with E-state index in [2.05, 4.69) is 22.1 Å². The molecular formula is C19H20N4O2S2. The Morgan fingerprint density at radius 2 is 2.07 bits per heavy atom. The molecule has 2 heterocycles. The summed E-state index contributed by atoms with van der Waals surface area (Å²) in [6.07, 6.45) is 4.27. The Kier molecular flexibility index (Phi) is 5.27. The average molecular weight is 401 g/mol. The molecule has 2 aromatic heterocycles. The Hall–Kier alpha value is -2.19. The van der Waals surface area contributed by atoms with Crippen LogP contribution in [0.5, 0.6) is 0 Å². The molecule has 0 bridgehead atoms. The van der Waals surface area contributed by atoms with Gasteiger partial charge < -0.3 is 4.42 Å². The predicted octanol–water partition coefficient (Wildman–Crippen LogP) is 4.70. The van der Waals surface area contributed by atoms with Crippen molar-refractivity contribution in [2.75, 3.05) is 4.90 Å². The van der Waals surface area contributed by atoms with E-state index in [9.17, 15) is 4.79 Å². The van der Waals surface area contributed by atoms with Gasteiger partial charge in [0.25, 0.3) is 0 Å². The van der Waals surface area contributed by atoms with Crippen LogP contribution in [0.4, 0.5) is 5.13 Å². The van der Waals surface area contributed by atoms with E-state index < -0.39 is 0 Å². The van der Waals surface area contributed by atoms with Crippen molar-refractivity contribution in [3.05, 3.63) is 41.8 Å². The van der Waals surface area contributed by atoms with Gasteiger partial charge in [-0.15, -0.1) is 10.2 Å². The molecule has 1 fully saturated rings. The molecule has 1 aliphatic carbocycles. The van der Waals surface area contributed by atoms with Crippen molar-refractivity contribution in [1.29, 1.82) is 0 Å². The highest BCUT2D eigenvalue weighted by atomic mass is 32.2. The van der Waals surface area contributed by atoms with Gasteiger partial charge in [-0.05, 0) is 31.9 Å². The maximum atomic E-state index is 12.2. The highest BCUT2D eigenvalue weighted by Gasteiger charge is 2.35. The third-order valence-corrected chi connectivity index (χ3v) is 6.37. The fourth-order valence-corrected chi connectivity index (χ4v) is 4.47. The molecule has 1 saturated carbocycles. The number of aromatic nitrogens is 3. The second kappa shape index (κ2) is 7.82. The van der Waals surface area contributed by atoms with Gasteiger partial charge in [0, 0.05) is 23.8 Å². The Labute approximate surface area is 166 Å². The summed E-state index contributed by atoms with van der Waals surface area (Å²) in [5.74, 6) is 1.39. The third-order valence-electron chi connectivity index (χ3n) is 4.28. The lowest BCUT2D eigenvalue weighted by Gasteiger charge is -2.17. The number of rotatable bonds is 7. The minimum absolute atomic E-state index is 0.115. The summed E-state index contributed by atoms with van der Waals surface area (Å²) in [5, 5.41) is 9.16. The number of benzene rings is 1. The van der Waals surface area contributed by atoms with Crippen LogP contribution in [-0.2, 0) is 10.5 Å². The number of aryl methyl sites for hydroxylation is 1. The summed E-state index contributed by atoms with van der Waals surface area (Å²) >= 11 is 3.02. The minimum atomic E-state index is 0.115. The van der Waals surface area contributed by atoms with Gasteiger partial charge >= 0.3 is 0 Å². The second-order valence-electron chi connectivity index (χ2n) is 6.50. The number of thioether (sulfide) groups is 1. The molecule has 1 amide bonds. The van der Waals surface area contributed by atoms with Crippen LogP contribution >= 0.6 is 23.1 Å². The molecule has 1 aliphatic rings. The molecule has 3 aromatic rings. The summed E-state index contributed by atoms with van der Waals surface area (Å²) in [5.41, 5.74) is 3.03. The van der Waals surface area contributed by atoms with Crippen LogP contribution < -0.4 is 4.90 Å². The van der Waals surface area contributed by atoms with Crippen LogP contribution in [0.2, 0.25) is 0 Å². The largest absolute Gasteiger partial charge is 0.444 e. The first-order valence-corrected chi connectivity index (χ1v) is 10.7. The molecule has 0 aliphatic heterocycles. The molecule has 0 spiro atoms. The first-order chi connectivity index (χ1) is 13.1. The maximum absolute atomic E-state index is 12.2.